The van der Waals surface area contributed by atoms with E-state index >= 15 is 0 Å². The zero-order valence-corrected chi connectivity index (χ0v) is 18.2. The summed E-state index contributed by atoms with van der Waals surface area (Å²) in [7, 11) is 1.78. The van der Waals surface area contributed by atoms with Crippen LogP contribution in [-0.4, -0.2) is 37.7 Å². The van der Waals surface area contributed by atoms with Crippen LogP contribution in [0.4, 0.5) is 0 Å². The van der Waals surface area contributed by atoms with Gasteiger partial charge in [0.05, 0.1) is 12.2 Å². The zero-order chi connectivity index (χ0) is 17.2. The highest BCUT2D eigenvalue weighted by Crippen LogP contribution is 2.27. The van der Waals surface area contributed by atoms with Crippen molar-refractivity contribution in [3.63, 3.8) is 0 Å². The van der Waals surface area contributed by atoms with Crippen molar-refractivity contribution in [1.29, 1.82) is 0 Å². The van der Waals surface area contributed by atoms with E-state index in [2.05, 4.69) is 39.7 Å². The number of nitrogens with zero attached hydrogens (tertiary/aromatic N) is 2. The minimum atomic E-state index is 0. The molecule has 1 aromatic heterocycles. The number of aromatic nitrogens is 1. The molecule has 1 heterocycles. The largest absolute Gasteiger partial charge is 0.382 e. The molecule has 0 aliphatic carbocycles. The lowest BCUT2D eigenvalue weighted by atomic mass is 10.2. The summed E-state index contributed by atoms with van der Waals surface area (Å²) >= 11 is 1.72. The van der Waals surface area contributed by atoms with Gasteiger partial charge in [-0.1, -0.05) is 30.3 Å². The van der Waals surface area contributed by atoms with Gasteiger partial charge in [0, 0.05) is 37.2 Å². The standard InChI is InChI=1S/C18H26N4OS.HI/c1-4-23-12-8-11-20-18(19-3)21-13-16-14(2)22-17(24-16)15-9-6-5-7-10-15;/h5-7,9-10H,4,8,11-13H2,1-3H3,(H2,19,20,21);1H. The highest BCUT2D eigenvalue weighted by atomic mass is 127. The van der Waals surface area contributed by atoms with Gasteiger partial charge in [0.2, 0.25) is 0 Å². The lowest BCUT2D eigenvalue weighted by molar-refractivity contribution is 0.145. The summed E-state index contributed by atoms with van der Waals surface area (Å²) in [4.78, 5) is 10.2. The Labute approximate surface area is 171 Å². The number of benzene rings is 1. The smallest absolute Gasteiger partial charge is 0.191 e. The van der Waals surface area contributed by atoms with Crippen molar-refractivity contribution in [2.45, 2.75) is 26.8 Å². The fraction of sp³-hybridized carbons (Fsp3) is 0.444. The first-order chi connectivity index (χ1) is 11.7. The molecule has 2 aromatic rings. The van der Waals surface area contributed by atoms with Gasteiger partial charge in [-0.25, -0.2) is 4.98 Å². The van der Waals surface area contributed by atoms with Gasteiger partial charge in [-0.3, -0.25) is 4.99 Å². The third kappa shape index (κ3) is 7.29. The Hall–Kier alpha value is -1.19. The van der Waals surface area contributed by atoms with Crippen molar-refractivity contribution in [3.8, 4) is 10.6 Å². The van der Waals surface area contributed by atoms with Gasteiger partial charge < -0.3 is 15.4 Å². The van der Waals surface area contributed by atoms with E-state index in [-0.39, 0.29) is 24.0 Å². The molecule has 0 fully saturated rings. The average Bonchev–Trinajstić information content (AvgIpc) is 2.99. The molecule has 5 nitrogen and oxygen atoms in total. The van der Waals surface area contributed by atoms with E-state index in [1.54, 1.807) is 18.4 Å². The topological polar surface area (TPSA) is 58.5 Å². The van der Waals surface area contributed by atoms with Crippen molar-refractivity contribution in [2.24, 2.45) is 4.99 Å². The second-order valence-corrected chi connectivity index (χ2v) is 6.38. The van der Waals surface area contributed by atoms with Crippen LogP contribution in [0, 0.1) is 6.92 Å². The van der Waals surface area contributed by atoms with E-state index < -0.39 is 0 Å². The van der Waals surface area contributed by atoms with E-state index in [0.717, 1.165) is 54.9 Å². The number of ether oxygens (including phenoxy) is 1. The third-order valence-electron chi connectivity index (χ3n) is 3.52. The minimum Gasteiger partial charge on any atom is -0.382 e. The number of rotatable bonds is 8. The summed E-state index contributed by atoms with van der Waals surface area (Å²) in [5, 5.41) is 7.71. The minimum absolute atomic E-state index is 0. The molecule has 0 spiro atoms. The molecule has 2 N–H and O–H groups in total. The maximum Gasteiger partial charge on any atom is 0.191 e. The third-order valence-corrected chi connectivity index (χ3v) is 4.72. The maximum atomic E-state index is 5.33. The molecule has 0 unspecified atom stereocenters. The molecule has 0 atom stereocenters. The predicted octanol–water partition coefficient (Wildman–Crippen LogP) is 3.83. The van der Waals surface area contributed by atoms with Crippen LogP contribution < -0.4 is 10.6 Å². The van der Waals surface area contributed by atoms with Crippen LogP contribution in [0.25, 0.3) is 10.6 Å². The fourth-order valence-corrected chi connectivity index (χ4v) is 3.21. The summed E-state index contributed by atoms with van der Waals surface area (Å²) in [5.41, 5.74) is 2.23. The van der Waals surface area contributed by atoms with Gasteiger partial charge in [0.25, 0.3) is 0 Å². The Morgan fingerprint density at radius 3 is 2.68 bits per heavy atom. The number of nitrogens with one attached hydrogen (secondary N) is 2. The number of halogens is 1. The highest BCUT2D eigenvalue weighted by Gasteiger charge is 2.09. The fourth-order valence-electron chi connectivity index (χ4n) is 2.21. The molecular formula is C18H27IN4OS. The second kappa shape index (κ2) is 12.2. The lowest BCUT2D eigenvalue weighted by Crippen LogP contribution is -2.37. The van der Waals surface area contributed by atoms with Gasteiger partial charge in [-0.2, -0.15) is 0 Å². The van der Waals surface area contributed by atoms with Gasteiger partial charge in [-0.05, 0) is 20.3 Å². The van der Waals surface area contributed by atoms with Crippen molar-refractivity contribution in [3.05, 3.63) is 40.9 Å². The van der Waals surface area contributed by atoms with Crippen molar-refractivity contribution < 1.29 is 4.74 Å². The summed E-state index contributed by atoms with van der Waals surface area (Å²) in [6, 6.07) is 10.3. The molecule has 1 aromatic carbocycles. The highest BCUT2D eigenvalue weighted by molar-refractivity contribution is 14.0. The van der Waals surface area contributed by atoms with Crippen LogP contribution in [-0.2, 0) is 11.3 Å². The van der Waals surface area contributed by atoms with Crippen LogP contribution in [0.2, 0.25) is 0 Å². The van der Waals surface area contributed by atoms with Crippen LogP contribution in [0.15, 0.2) is 35.3 Å². The summed E-state index contributed by atoms with van der Waals surface area (Å²) in [6.07, 6.45) is 0.965. The van der Waals surface area contributed by atoms with Crippen LogP contribution in [0.5, 0.6) is 0 Å². The molecular weight excluding hydrogens is 447 g/mol. The van der Waals surface area contributed by atoms with E-state index in [9.17, 15) is 0 Å². The van der Waals surface area contributed by atoms with Gasteiger partial charge in [-0.15, -0.1) is 35.3 Å². The summed E-state index contributed by atoms with van der Waals surface area (Å²) < 4.78 is 5.33. The summed E-state index contributed by atoms with van der Waals surface area (Å²) in [5.74, 6) is 0.806. The Balaban J connectivity index is 0.00000312. The first kappa shape index (κ1) is 21.9. The molecule has 25 heavy (non-hydrogen) atoms. The quantitative estimate of drug-likeness (QED) is 0.264. The maximum absolute atomic E-state index is 5.33. The lowest BCUT2D eigenvalue weighted by Gasteiger charge is -2.11. The number of aryl methyl sites for hydroxylation is 1. The Bertz CT molecular complexity index is 646. The molecule has 0 saturated carbocycles. The second-order valence-electron chi connectivity index (χ2n) is 5.30. The molecule has 0 aliphatic heterocycles. The van der Waals surface area contributed by atoms with Crippen LogP contribution in [0.1, 0.15) is 23.9 Å². The number of thiazole rings is 1. The molecule has 7 heteroatoms. The number of hydrogen-bond donors (Lipinski definition) is 2. The first-order valence-corrected chi connectivity index (χ1v) is 9.10. The Kier molecular flexibility index (Phi) is 10.7. The van der Waals surface area contributed by atoms with E-state index in [1.165, 1.54) is 4.88 Å². The van der Waals surface area contributed by atoms with E-state index in [1.807, 2.05) is 25.1 Å². The molecule has 0 saturated heterocycles. The van der Waals surface area contributed by atoms with Crippen LogP contribution >= 0.6 is 35.3 Å². The van der Waals surface area contributed by atoms with Crippen LogP contribution in [0.3, 0.4) is 0 Å². The van der Waals surface area contributed by atoms with Crippen molar-refractivity contribution in [2.75, 3.05) is 26.8 Å². The van der Waals surface area contributed by atoms with Crippen molar-refractivity contribution >= 4 is 41.3 Å². The molecule has 0 radical (unpaired) electrons. The van der Waals surface area contributed by atoms with E-state index in [4.69, 9.17) is 4.74 Å². The van der Waals surface area contributed by atoms with Gasteiger partial charge >= 0.3 is 0 Å². The molecule has 138 valence electrons. The summed E-state index contributed by atoms with van der Waals surface area (Å²) in [6.45, 7) is 7.17. The first-order valence-electron chi connectivity index (χ1n) is 8.28. The average molecular weight is 474 g/mol. The predicted molar refractivity (Wildman–Crippen MR) is 117 cm³/mol. The molecule has 0 bridgehead atoms. The Morgan fingerprint density at radius 1 is 1.24 bits per heavy atom. The van der Waals surface area contributed by atoms with Crippen molar-refractivity contribution in [1.82, 2.24) is 15.6 Å². The van der Waals surface area contributed by atoms with Gasteiger partial charge in [0.1, 0.15) is 5.01 Å². The SMILES string of the molecule is CCOCCCNC(=NC)NCc1sc(-c2ccccc2)nc1C.I. The molecule has 2 rings (SSSR count). The molecule has 0 aliphatic rings. The van der Waals surface area contributed by atoms with Gasteiger partial charge in [0.15, 0.2) is 5.96 Å². The number of hydrogen-bond acceptors (Lipinski definition) is 4. The molecule has 0 amide bonds. The Morgan fingerprint density at radius 2 is 2.00 bits per heavy atom. The normalized spacial score (nSPS) is 11.1. The monoisotopic (exact) mass is 474 g/mol. The van der Waals surface area contributed by atoms with E-state index in [0.29, 0.717) is 0 Å². The number of guanidine groups is 1. The zero-order valence-electron chi connectivity index (χ0n) is 15.0. The number of aliphatic imine (C=N–C) groups is 1.